The van der Waals surface area contributed by atoms with Crippen molar-refractivity contribution in [1.82, 2.24) is 0 Å². The van der Waals surface area contributed by atoms with E-state index in [1.165, 1.54) is 12.1 Å². The summed E-state index contributed by atoms with van der Waals surface area (Å²) in [6, 6.07) is 3.02. The molecule has 0 amide bonds. The van der Waals surface area contributed by atoms with Crippen LogP contribution < -0.4 is 0 Å². The maximum atomic E-state index is 10.7. The van der Waals surface area contributed by atoms with E-state index >= 15 is 0 Å². The number of carbonyl (C=O) groups is 1. The van der Waals surface area contributed by atoms with Gasteiger partial charge in [-0.1, -0.05) is 0 Å². The lowest BCUT2D eigenvalue weighted by molar-refractivity contribution is -0.139. The average molecular weight is 166 g/mol. The maximum Gasteiger partial charge on any atom is 0.349 e. The standard InChI is InChI=1S/C7H6N2O3/c8-2-1-6(5-9)7(11)12-4-3-10/h1,10H,3-4H2. The Labute approximate surface area is 69.1 Å². The van der Waals surface area contributed by atoms with Crippen molar-refractivity contribution in [3.8, 4) is 12.1 Å². The first-order valence-electron chi connectivity index (χ1n) is 3.04. The van der Waals surface area contributed by atoms with Crippen LogP contribution in [0.5, 0.6) is 0 Å². The molecule has 5 heteroatoms. The van der Waals surface area contributed by atoms with Gasteiger partial charge in [0.15, 0.2) is 0 Å². The molecular formula is C7H6N2O3. The zero-order valence-electron chi connectivity index (χ0n) is 6.15. The van der Waals surface area contributed by atoms with E-state index < -0.39 is 5.97 Å². The van der Waals surface area contributed by atoms with Gasteiger partial charge in [0.05, 0.1) is 12.7 Å². The summed E-state index contributed by atoms with van der Waals surface area (Å²) in [5.74, 6) is -0.895. The van der Waals surface area contributed by atoms with Crippen LogP contribution in [0.1, 0.15) is 0 Å². The van der Waals surface area contributed by atoms with Crippen LogP contribution in [0.4, 0.5) is 0 Å². The predicted molar refractivity (Wildman–Crippen MR) is 37.4 cm³/mol. The summed E-state index contributed by atoms with van der Waals surface area (Å²) in [6.07, 6.45) is 0.791. The van der Waals surface area contributed by atoms with E-state index in [4.69, 9.17) is 15.6 Å². The average Bonchev–Trinajstić information content (AvgIpc) is 2.10. The molecule has 12 heavy (non-hydrogen) atoms. The molecule has 0 aromatic carbocycles. The third-order valence-corrected chi connectivity index (χ3v) is 0.874. The van der Waals surface area contributed by atoms with E-state index in [0.29, 0.717) is 0 Å². The van der Waals surface area contributed by atoms with E-state index in [1.54, 1.807) is 0 Å². The largest absolute Gasteiger partial charge is 0.459 e. The number of nitriles is 2. The maximum absolute atomic E-state index is 10.7. The second kappa shape index (κ2) is 5.90. The summed E-state index contributed by atoms with van der Waals surface area (Å²) in [5.41, 5.74) is -0.369. The molecule has 0 heterocycles. The summed E-state index contributed by atoms with van der Waals surface area (Å²) in [5, 5.41) is 24.7. The number of aliphatic hydroxyl groups excluding tert-OH is 1. The Balaban J connectivity index is 4.19. The van der Waals surface area contributed by atoms with Gasteiger partial charge in [-0.15, -0.1) is 0 Å². The molecule has 0 aromatic rings. The van der Waals surface area contributed by atoms with Crippen LogP contribution in [0.3, 0.4) is 0 Å². The molecule has 0 aliphatic rings. The fourth-order valence-corrected chi connectivity index (χ4v) is 0.417. The number of nitrogens with zero attached hydrogens (tertiary/aromatic N) is 2. The Kier molecular flexibility index (Phi) is 4.99. The highest BCUT2D eigenvalue weighted by atomic mass is 16.5. The van der Waals surface area contributed by atoms with Gasteiger partial charge in [-0.2, -0.15) is 10.5 Å². The molecule has 0 fully saturated rings. The number of carbonyl (C=O) groups excluding carboxylic acids is 1. The molecular weight excluding hydrogens is 160 g/mol. The minimum Gasteiger partial charge on any atom is -0.459 e. The van der Waals surface area contributed by atoms with Crippen LogP contribution in [0.2, 0.25) is 0 Å². The lowest BCUT2D eigenvalue weighted by atomic mass is 10.3. The lowest BCUT2D eigenvalue weighted by Gasteiger charge is -1.98. The van der Waals surface area contributed by atoms with Crippen LogP contribution in [0, 0.1) is 22.7 Å². The molecule has 0 bridgehead atoms. The van der Waals surface area contributed by atoms with Gasteiger partial charge in [0, 0.05) is 6.08 Å². The number of esters is 1. The van der Waals surface area contributed by atoms with Crippen molar-refractivity contribution in [2.75, 3.05) is 13.2 Å². The van der Waals surface area contributed by atoms with Crippen molar-refractivity contribution in [3.63, 3.8) is 0 Å². The Morgan fingerprint density at radius 1 is 1.58 bits per heavy atom. The Bertz CT molecular complexity index is 269. The quantitative estimate of drug-likeness (QED) is 0.346. The summed E-state index contributed by atoms with van der Waals surface area (Å²) in [4.78, 5) is 10.7. The number of hydrogen-bond donors (Lipinski definition) is 1. The SMILES string of the molecule is N#CC=C(C#N)C(=O)OCCO. The van der Waals surface area contributed by atoms with Gasteiger partial charge in [0.1, 0.15) is 18.2 Å². The van der Waals surface area contributed by atoms with E-state index in [-0.39, 0.29) is 18.8 Å². The van der Waals surface area contributed by atoms with Crippen molar-refractivity contribution >= 4 is 5.97 Å². The number of hydrogen-bond acceptors (Lipinski definition) is 5. The topological polar surface area (TPSA) is 94.1 Å². The molecule has 0 unspecified atom stereocenters. The van der Waals surface area contributed by atoms with E-state index in [0.717, 1.165) is 6.08 Å². The molecule has 62 valence electrons. The van der Waals surface area contributed by atoms with Gasteiger partial charge in [-0.3, -0.25) is 0 Å². The van der Waals surface area contributed by atoms with E-state index in [2.05, 4.69) is 4.74 Å². The second-order valence-corrected chi connectivity index (χ2v) is 1.66. The van der Waals surface area contributed by atoms with Crippen molar-refractivity contribution in [3.05, 3.63) is 11.6 Å². The van der Waals surface area contributed by atoms with Gasteiger partial charge in [0.2, 0.25) is 0 Å². The van der Waals surface area contributed by atoms with Crippen molar-refractivity contribution < 1.29 is 14.6 Å². The summed E-state index contributed by atoms with van der Waals surface area (Å²) < 4.78 is 4.37. The van der Waals surface area contributed by atoms with Crippen LogP contribution >= 0.6 is 0 Å². The number of rotatable bonds is 3. The third kappa shape index (κ3) is 3.35. The number of aliphatic hydroxyl groups is 1. The van der Waals surface area contributed by atoms with E-state index in [1.807, 2.05) is 0 Å². The first-order chi connectivity index (χ1) is 5.76. The molecule has 1 N–H and O–H groups in total. The summed E-state index contributed by atoms with van der Waals surface area (Å²) in [6.45, 7) is -0.486. The third-order valence-electron chi connectivity index (χ3n) is 0.874. The van der Waals surface area contributed by atoms with Crippen molar-refractivity contribution in [2.24, 2.45) is 0 Å². The Morgan fingerprint density at radius 2 is 2.25 bits per heavy atom. The van der Waals surface area contributed by atoms with Crippen molar-refractivity contribution in [2.45, 2.75) is 0 Å². The van der Waals surface area contributed by atoms with Crippen molar-refractivity contribution in [1.29, 1.82) is 10.5 Å². The van der Waals surface area contributed by atoms with Crippen LogP contribution in [0.15, 0.2) is 11.6 Å². The fourth-order valence-electron chi connectivity index (χ4n) is 0.417. The Hall–Kier alpha value is -1.85. The minimum absolute atomic E-state index is 0.177. The molecule has 0 aromatic heterocycles. The Morgan fingerprint density at radius 3 is 2.67 bits per heavy atom. The molecule has 5 nitrogen and oxygen atoms in total. The zero-order valence-corrected chi connectivity index (χ0v) is 6.15. The van der Waals surface area contributed by atoms with Gasteiger partial charge >= 0.3 is 5.97 Å². The monoisotopic (exact) mass is 166 g/mol. The van der Waals surface area contributed by atoms with Crippen LogP contribution in [-0.4, -0.2) is 24.3 Å². The van der Waals surface area contributed by atoms with Gasteiger partial charge in [0.25, 0.3) is 0 Å². The fraction of sp³-hybridized carbons (Fsp3) is 0.286. The van der Waals surface area contributed by atoms with Crippen LogP contribution in [0.25, 0.3) is 0 Å². The molecule has 0 saturated heterocycles. The van der Waals surface area contributed by atoms with E-state index in [9.17, 15) is 4.79 Å². The smallest absolute Gasteiger partial charge is 0.349 e. The first kappa shape index (κ1) is 10.2. The van der Waals surface area contributed by atoms with Gasteiger partial charge in [-0.25, -0.2) is 4.79 Å². The number of ether oxygens (including phenoxy) is 1. The molecule has 0 atom stereocenters. The highest BCUT2D eigenvalue weighted by molar-refractivity contribution is 5.93. The highest BCUT2D eigenvalue weighted by Crippen LogP contribution is 1.94. The zero-order chi connectivity index (χ0) is 9.40. The summed E-state index contributed by atoms with van der Waals surface area (Å²) >= 11 is 0. The van der Waals surface area contributed by atoms with Crippen LogP contribution in [-0.2, 0) is 9.53 Å². The molecule has 0 spiro atoms. The second-order valence-electron chi connectivity index (χ2n) is 1.66. The molecule has 0 saturated carbocycles. The molecule has 0 rings (SSSR count). The molecule has 0 aliphatic heterocycles. The molecule has 0 radical (unpaired) electrons. The van der Waals surface area contributed by atoms with Gasteiger partial charge < -0.3 is 9.84 Å². The number of allylic oxidation sites excluding steroid dienone is 1. The molecule has 0 aliphatic carbocycles. The highest BCUT2D eigenvalue weighted by Gasteiger charge is 2.08. The van der Waals surface area contributed by atoms with Gasteiger partial charge in [-0.05, 0) is 0 Å². The lowest BCUT2D eigenvalue weighted by Crippen LogP contribution is -2.09. The minimum atomic E-state index is -0.895. The summed E-state index contributed by atoms with van der Waals surface area (Å²) in [7, 11) is 0. The predicted octanol–water partition coefficient (Wildman–Crippen LogP) is -0.505. The first-order valence-corrected chi connectivity index (χ1v) is 3.04. The normalized spacial score (nSPS) is 9.75.